The maximum absolute atomic E-state index is 6.20. The summed E-state index contributed by atoms with van der Waals surface area (Å²) < 4.78 is 5.39. The van der Waals surface area contributed by atoms with E-state index in [-0.39, 0.29) is 0 Å². The molecule has 2 N–H and O–H groups in total. The van der Waals surface area contributed by atoms with Crippen LogP contribution in [0.1, 0.15) is 6.92 Å². The van der Waals surface area contributed by atoms with E-state index in [1.807, 2.05) is 11.6 Å². The van der Waals surface area contributed by atoms with Crippen LogP contribution in [0.15, 0.2) is 16.6 Å². The molecule has 134 valence electrons. The van der Waals surface area contributed by atoms with Gasteiger partial charge in [0.05, 0.1) is 13.2 Å². The van der Waals surface area contributed by atoms with Gasteiger partial charge in [0.15, 0.2) is 11.1 Å². The van der Waals surface area contributed by atoms with Gasteiger partial charge in [-0.25, -0.2) is 4.98 Å². The molecule has 0 amide bonds. The Morgan fingerprint density at radius 2 is 2.04 bits per heavy atom. The van der Waals surface area contributed by atoms with Crippen molar-refractivity contribution in [2.24, 2.45) is 16.6 Å². The highest BCUT2D eigenvalue weighted by atomic mass is 32.1. The summed E-state index contributed by atoms with van der Waals surface area (Å²) in [6.45, 7) is 11.6. The molecule has 0 radical (unpaired) electrons. The molecule has 1 atom stereocenters. The quantitative estimate of drug-likeness (QED) is 0.616. The molecule has 0 aliphatic carbocycles. The van der Waals surface area contributed by atoms with Crippen LogP contribution in [0.4, 0.5) is 5.13 Å². The van der Waals surface area contributed by atoms with Crippen molar-refractivity contribution in [3.8, 4) is 0 Å². The molecule has 0 aromatic carbocycles. The molecule has 2 saturated heterocycles. The van der Waals surface area contributed by atoms with E-state index in [9.17, 15) is 0 Å². The molecule has 0 saturated carbocycles. The number of aromatic nitrogens is 1. The number of hydrogen-bond acceptors (Lipinski definition) is 6. The molecule has 8 heteroatoms. The lowest BCUT2D eigenvalue weighted by atomic mass is 10.1. The maximum Gasteiger partial charge on any atom is 0.191 e. The largest absolute Gasteiger partial charge is 0.379 e. The van der Waals surface area contributed by atoms with Crippen LogP contribution < -0.4 is 10.6 Å². The van der Waals surface area contributed by atoms with Crippen molar-refractivity contribution >= 4 is 22.4 Å². The Bertz CT molecular complexity index is 509. The van der Waals surface area contributed by atoms with Crippen molar-refractivity contribution < 1.29 is 4.74 Å². The Morgan fingerprint density at radius 3 is 2.71 bits per heavy atom. The SMILES string of the molecule is CC(CN=C(N)N1CCN(c2nccs2)CC1)CN1CCOCC1. The maximum atomic E-state index is 6.20. The normalized spacial score (nSPS) is 22.0. The fourth-order valence-electron chi connectivity index (χ4n) is 3.13. The molecule has 1 unspecified atom stereocenters. The molecule has 0 spiro atoms. The van der Waals surface area contributed by atoms with Crippen molar-refractivity contribution in [3.63, 3.8) is 0 Å². The van der Waals surface area contributed by atoms with Gasteiger partial charge >= 0.3 is 0 Å². The Hall–Kier alpha value is -1.38. The number of thiazole rings is 1. The first-order chi connectivity index (χ1) is 11.7. The second-order valence-electron chi connectivity index (χ2n) is 6.51. The smallest absolute Gasteiger partial charge is 0.191 e. The van der Waals surface area contributed by atoms with Crippen LogP contribution in [0.2, 0.25) is 0 Å². The minimum Gasteiger partial charge on any atom is -0.379 e. The topological polar surface area (TPSA) is 70.2 Å². The number of ether oxygens (including phenoxy) is 1. The number of hydrogen-bond donors (Lipinski definition) is 1. The van der Waals surface area contributed by atoms with Crippen LogP contribution in [0.25, 0.3) is 0 Å². The predicted octanol–water partition coefficient (Wildman–Crippen LogP) is 0.548. The van der Waals surface area contributed by atoms with Crippen LogP contribution in [-0.2, 0) is 4.74 Å². The molecular weight excluding hydrogens is 324 g/mol. The molecule has 1 aromatic heterocycles. The van der Waals surface area contributed by atoms with Crippen molar-refractivity contribution in [2.75, 3.05) is 70.5 Å². The number of anilines is 1. The highest BCUT2D eigenvalue weighted by molar-refractivity contribution is 7.13. The fourth-order valence-corrected chi connectivity index (χ4v) is 3.83. The number of rotatable bonds is 5. The fraction of sp³-hybridized carbons (Fsp3) is 0.750. The molecule has 3 heterocycles. The van der Waals surface area contributed by atoms with E-state index in [1.165, 1.54) is 0 Å². The van der Waals surface area contributed by atoms with E-state index in [2.05, 4.69) is 31.6 Å². The summed E-state index contributed by atoms with van der Waals surface area (Å²) in [5.74, 6) is 1.20. The standard InChI is InChI=1S/C16H28N6OS/c1-14(13-20-7-9-23-10-8-20)12-19-15(17)21-3-5-22(6-4-21)16-18-2-11-24-16/h2,11,14H,3-10,12-13H2,1H3,(H2,17,19). The molecular formula is C16H28N6OS. The van der Waals surface area contributed by atoms with E-state index in [4.69, 9.17) is 10.5 Å². The van der Waals surface area contributed by atoms with Gasteiger partial charge in [-0.1, -0.05) is 6.92 Å². The van der Waals surface area contributed by atoms with Crippen LogP contribution in [-0.4, -0.2) is 86.3 Å². The molecule has 24 heavy (non-hydrogen) atoms. The highest BCUT2D eigenvalue weighted by Gasteiger charge is 2.20. The van der Waals surface area contributed by atoms with E-state index in [1.54, 1.807) is 11.3 Å². The average molecular weight is 353 g/mol. The van der Waals surface area contributed by atoms with E-state index >= 15 is 0 Å². The van der Waals surface area contributed by atoms with Crippen LogP contribution in [0.5, 0.6) is 0 Å². The number of aliphatic imine (C=N–C) groups is 1. The Balaban J connectivity index is 1.41. The highest BCUT2D eigenvalue weighted by Crippen LogP contribution is 2.18. The van der Waals surface area contributed by atoms with Crippen LogP contribution >= 0.6 is 11.3 Å². The van der Waals surface area contributed by atoms with Crippen LogP contribution in [0.3, 0.4) is 0 Å². The van der Waals surface area contributed by atoms with Crippen molar-refractivity contribution in [1.29, 1.82) is 0 Å². The van der Waals surface area contributed by atoms with Gasteiger partial charge in [-0.2, -0.15) is 0 Å². The number of morpholine rings is 1. The lowest BCUT2D eigenvalue weighted by Gasteiger charge is -2.35. The molecule has 2 aliphatic rings. The van der Waals surface area contributed by atoms with Gasteiger partial charge in [0, 0.05) is 63.9 Å². The summed E-state index contributed by atoms with van der Waals surface area (Å²) in [5, 5.41) is 3.12. The third kappa shape index (κ3) is 4.81. The second kappa shape index (κ2) is 8.64. The lowest BCUT2D eigenvalue weighted by Crippen LogP contribution is -2.51. The van der Waals surface area contributed by atoms with Gasteiger partial charge in [0.25, 0.3) is 0 Å². The number of nitrogens with zero attached hydrogens (tertiary/aromatic N) is 5. The molecule has 0 bridgehead atoms. The summed E-state index contributed by atoms with van der Waals surface area (Å²) >= 11 is 1.69. The third-order valence-corrected chi connectivity index (χ3v) is 5.36. The van der Waals surface area contributed by atoms with Gasteiger partial charge in [-0.3, -0.25) is 9.89 Å². The van der Waals surface area contributed by atoms with Gasteiger partial charge in [-0.15, -0.1) is 11.3 Å². The van der Waals surface area contributed by atoms with Gasteiger partial charge in [-0.05, 0) is 5.92 Å². The first-order valence-electron chi connectivity index (χ1n) is 8.72. The Kier molecular flexibility index (Phi) is 6.28. The first kappa shape index (κ1) is 17.4. The number of nitrogens with two attached hydrogens (primary N) is 1. The number of piperazine rings is 1. The van der Waals surface area contributed by atoms with Crippen molar-refractivity contribution in [3.05, 3.63) is 11.6 Å². The summed E-state index contributed by atoms with van der Waals surface area (Å²) in [6.07, 6.45) is 1.86. The van der Waals surface area contributed by atoms with E-state index in [0.29, 0.717) is 11.9 Å². The summed E-state index contributed by atoms with van der Waals surface area (Å²) in [4.78, 5) is 16.0. The summed E-state index contributed by atoms with van der Waals surface area (Å²) in [5.41, 5.74) is 6.20. The minimum absolute atomic E-state index is 0.512. The van der Waals surface area contributed by atoms with Crippen LogP contribution in [0, 0.1) is 5.92 Å². The monoisotopic (exact) mass is 352 g/mol. The molecule has 1 aromatic rings. The third-order valence-electron chi connectivity index (χ3n) is 4.53. The van der Waals surface area contributed by atoms with Gasteiger partial charge in [0.1, 0.15) is 0 Å². The Labute approximate surface area is 148 Å². The van der Waals surface area contributed by atoms with Crippen molar-refractivity contribution in [1.82, 2.24) is 14.8 Å². The molecule has 3 rings (SSSR count). The Morgan fingerprint density at radius 1 is 1.29 bits per heavy atom. The summed E-state index contributed by atoms with van der Waals surface area (Å²) in [6, 6.07) is 0. The van der Waals surface area contributed by atoms with Gasteiger partial charge in [0.2, 0.25) is 0 Å². The van der Waals surface area contributed by atoms with E-state index < -0.39 is 0 Å². The van der Waals surface area contributed by atoms with Crippen molar-refractivity contribution in [2.45, 2.75) is 6.92 Å². The predicted molar refractivity (Wildman–Crippen MR) is 98.8 cm³/mol. The van der Waals surface area contributed by atoms with Gasteiger partial charge < -0.3 is 20.3 Å². The first-order valence-corrected chi connectivity index (χ1v) is 9.60. The minimum atomic E-state index is 0.512. The second-order valence-corrected chi connectivity index (χ2v) is 7.38. The molecule has 7 nitrogen and oxygen atoms in total. The molecule has 2 aliphatic heterocycles. The summed E-state index contributed by atoms with van der Waals surface area (Å²) in [7, 11) is 0. The zero-order chi connectivity index (χ0) is 16.8. The molecule has 2 fully saturated rings. The number of guanidine groups is 1. The zero-order valence-electron chi connectivity index (χ0n) is 14.4. The lowest BCUT2D eigenvalue weighted by molar-refractivity contribution is 0.0323. The average Bonchev–Trinajstić information content (AvgIpc) is 3.15. The zero-order valence-corrected chi connectivity index (χ0v) is 15.2. The van der Waals surface area contributed by atoms with E-state index in [0.717, 1.165) is 70.7 Å².